The summed E-state index contributed by atoms with van der Waals surface area (Å²) in [6.07, 6.45) is 0. The minimum Gasteiger partial charge on any atom is -0.353 e. The Hall–Kier alpha value is -1.92. The molecule has 1 N–H and O–H groups in total. The second kappa shape index (κ2) is 6.42. The molecule has 0 bridgehead atoms. The molecule has 1 aromatic heterocycles. The monoisotopic (exact) mass is 358 g/mol. The highest BCUT2D eigenvalue weighted by Gasteiger charge is 2.26. The first kappa shape index (κ1) is 16.5. The van der Waals surface area contributed by atoms with Gasteiger partial charge >= 0.3 is 0 Å². The highest BCUT2D eigenvalue weighted by molar-refractivity contribution is 7.16. The number of benzene rings is 1. The molecule has 3 heterocycles. The molecule has 1 aromatic carbocycles. The van der Waals surface area contributed by atoms with E-state index in [9.17, 15) is 4.39 Å². The Morgan fingerprint density at radius 3 is 2.64 bits per heavy atom. The lowest BCUT2D eigenvalue weighted by Crippen LogP contribution is -2.47. The van der Waals surface area contributed by atoms with Crippen LogP contribution in [0.4, 0.5) is 20.8 Å². The molecule has 1 saturated heterocycles. The van der Waals surface area contributed by atoms with Crippen LogP contribution in [0.15, 0.2) is 29.3 Å². The Kier molecular flexibility index (Phi) is 4.25. The van der Waals surface area contributed by atoms with Gasteiger partial charge in [0.25, 0.3) is 0 Å². The number of nitrogens with one attached hydrogen (secondary N) is 1. The maximum Gasteiger partial charge on any atom is 0.139 e. The topological polar surface area (TPSA) is 30.9 Å². The SMILES string of the molecule is CC(C)c1cc2c(s1)Nc1ccc(F)cc1N=C2N1CCN(C)CC1. The van der Waals surface area contributed by atoms with E-state index in [1.54, 1.807) is 17.4 Å². The first-order chi connectivity index (χ1) is 12.0. The molecule has 2 aliphatic rings. The smallest absolute Gasteiger partial charge is 0.139 e. The minimum absolute atomic E-state index is 0.254. The fourth-order valence-electron chi connectivity index (χ4n) is 3.21. The fourth-order valence-corrected chi connectivity index (χ4v) is 4.28. The second-order valence-corrected chi connectivity index (χ2v) is 8.14. The third-order valence-corrected chi connectivity index (χ3v) is 6.15. The maximum atomic E-state index is 13.8. The number of fused-ring (bicyclic) bond motifs is 2. The van der Waals surface area contributed by atoms with Crippen molar-refractivity contribution in [2.75, 3.05) is 38.5 Å². The number of rotatable bonds is 1. The van der Waals surface area contributed by atoms with Crippen LogP contribution < -0.4 is 5.32 Å². The Balaban J connectivity index is 1.82. The van der Waals surface area contributed by atoms with Gasteiger partial charge in [-0.2, -0.15) is 0 Å². The van der Waals surface area contributed by atoms with Gasteiger partial charge in [0.2, 0.25) is 0 Å². The number of anilines is 2. The van der Waals surface area contributed by atoms with Gasteiger partial charge < -0.3 is 15.1 Å². The summed E-state index contributed by atoms with van der Waals surface area (Å²) in [7, 11) is 2.14. The van der Waals surface area contributed by atoms with Crippen LogP contribution in [0.2, 0.25) is 0 Å². The molecule has 6 heteroatoms. The highest BCUT2D eigenvalue weighted by Crippen LogP contribution is 2.41. The van der Waals surface area contributed by atoms with Crippen molar-refractivity contribution in [1.29, 1.82) is 0 Å². The molecule has 0 saturated carbocycles. The number of hydrogen-bond donors (Lipinski definition) is 1. The zero-order valence-electron chi connectivity index (χ0n) is 14.8. The molecule has 0 aliphatic carbocycles. The molecule has 25 heavy (non-hydrogen) atoms. The van der Waals surface area contributed by atoms with E-state index in [4.69, 9.17) is 4.99 Å². The van der Waals surface area contributed by atoms with Gasteiger partial charge in [0.05, 0.1) is 16.9 Å². The molecule has 132 valence electrons. The molecule has 1 fully saturated rings. The molecule has 0 amide bonds. The van der Waals surface area contributed by atoms with Crippen LogP contribution in [-0.2, 0) is 0 Å². The van der Waals surface area contributed by atoms with Crippen LogP contribution in [0.25, 0.3) is 0 Å². The Morgan fingerprint density at radius 2 is 1.92 bits per heavy atom. The molecule has 0 unspecified atom stereocenters. The second-order valence-electron chi connectivity index (χ2n) is 7.06. The average molecular weight is 358 g/mol. The number of hydrogen-bond acceptors (Lipinski definition) is 5. The maximum absolute atomic E-state index is 13.8. The molecule has 0 radical (unpaired) electrons. The van der Waals surface area contributed by atoms with Crippen molar-refractivity contribution in [2.24, 2.45) is 4.99 Å². The molecule has 0 atom stereocenters. The van der Waals surface area contributed by atoms with Crippen LogP contribution in [-0.4, -0.2) is 48.9 Å². The van der Waals surface area contributed by atoms with Gasteiger partial charge in [-0.25, -0.2) is 9.38 Å². The Morgan fingerprint density at radius 1 is 1.16 bits per heavy atom. The first-order valence-corrected chi connectivity index (χ1v) is 9.56. The van der Waals surface area contributed by atoms with E-state index in [0.717, 1.165) is 48.3 Å². The van der Waals surface area contributed by atoms with Crippen molar-refractivity contribution in [1.82, 2.24) is 9.80 Å². The van der Waals surface area contributed by atoms with E-state index in [-0.39, 0.29) is 5.82 Å². The van der Waals surface area contributed by atoms with E-state index in [1.165, 1.54) is 17.0 Å². The van der Waals surface area contributed by atoms with Crippen molar-refractivity contribution in [3.63, 3.8) is 0 Å². The Bertz CT molecular complexity index is 819. The summed E-state index contributed by atoms with van der Waals surface area (Å²) >= 11 is 1.77. The number of nitrogens with zero attached hydrogens (tertiary/aromatic N) is 3. The van der Waals surface area contributed by atoms with E-state index >= 15 is 0 Å². The third-order valence-electron chi connectivity index (χ3n) is 4.80. The third kappa shape index (κ3) is 3.16. The number of likely N-dealkylation sites (N-methyl/N-ethyl adjacent to an activating group) is 1. The van der Waals surface area contributed by atoms with Gasteiger partial charge in [0.15, 0.2) is 0 Å². The van der Waals surface area contributed by atoms with Crippen LogP contribution in [0.1, 0.15) is 30.2 Å². The summed E-state index contributed by atoms with van der Waals surface area (Å²) in [6.45, 7) is 8.32. The van der Waals surface area contributed by atoms with Crippen LogP contribution in [0.3, 0.4) is 0 Å². The van der Waals surface area contributed by atoms with Gasteiger partial charge in [-0.1, -0.05) is 13.8 Å². The van der Waals surface area contributed by atoms with Gasteiger partial charge in [0, 0.05) is 37.1 Å². The standard InChI is InChI=1S/C19H23FN4S/c1-12(2)17-11-14-18(24-8-6-23(3)7-9-24)21-16-10-13(20)4-5-15(16)22-19(14)25-17/h4-5,10-12,22H,6-9H2,1-3H3. The van der Waals surface area contributed by atoms with E-state index in [1.807, 2.05) is 0 Å². The largest absolute Gasteiger partial charge is 0.353 e. The number of thiophene rings is 1. The van der Waals surface area contributed by atoms with Gasteiger partial charge in [-0.15, -0.1) is 11.3 Å². The van der Waals surface area contributed by atoms with Crippen molar-refractivity contribution in [3.8, 4) is 0 Å². The quantitative estimate of drug-likeness (QED) is 0.820. The number of halogens is 1. The summed E-state index contributed by atoms with van der Waals surface area (Å²) in [5, 5.41) is 4.59. The summed E-state index contributed by atoms with van der Waals surface area (Å²) in [4.78, 5) is 10.9. The normalized spacial score (nSPS) is 17.6. The number of aliphatic imine (C=N–C) groups is 1. The summed E-state index contributed by atoms with van der Waals surface area (Å²) in [5.74, 6) is 1.18. The van der Waals surface area contributed by atoms with Gasteiger partial charge in [0.1, 0.15) is 16.7 Å². The van der Waals surface area contributed by atoms with Gasteiger partial charge in [-0.3, -0.25) is 0 Å². The van der Waals surface area contributed by atoms with E-state index in [0.29, 0.717) is 11.6 Å². The lowest BCUT2D eigenvalue weighted by molar-refractivity contribution is 0.216. The molecule has 0 spiro atoms. The molecule has 2 aromatic rings. The lowest BCUT2D eigenvalue weighted by Gasteiger charge is -2.34. The summed E-state index contributed by atoms with van der Waals surface area (Å²) in [5.41, 5.74) is 2.67. The lowest BCUT2D eigenvalue weighted by atomic mass is 10.1. The van der Waals surface area contributed by atoms with Crippen LogP contribution in [0, 0.1) is 5.82 Å². The molecular formula is C19H23FN4S. The molecular weight excluding hydrogens is 335 g/mol. The Labute approximate surface area is 152 Å². The zero-order valence-corrected chi connectivity index (χ0v) is 15.7. The van der Waals surface area contributed by atoms with E-state index in [2.05, 4.69) is 42.1 Å². The summed E-state index contributed by atoms with van der Waals surface area (Å²) in [6, 6.07) is 7.02. The molecule has 2 aliphatic heterocycles. The average Bonchev–Trinajstić information content (AvgIpc) is 2.94. The van der Waals surface area contributed by atoms with Crippen molar-refractivity contribution >= 4 is 33.5 Å². The van der Waals surface area contributed by atoms with E-state index < -0.39 is 0 Å². The first-order valence-electron chi connectivity index (χ1n) is 8.74. The predicted molar refractivity (Wildman–Crippen MR) is 103 cm³/mol. The van der Waals surface area contributed by atoms with Crippen molar-refractivity contribution < 1.29 is 4.39 Å². The number of amidine groups is 1. The molecule has 4 nitrogen and oxygen atoms in total. The van der Waals surface area contributed by atoms with Crippen LogP contribution >= 0.6 is 11.3 Å². The van der Waals surface area contributed by atoms with Crippen LogP contribution in [0.5, 0.6) is 0 Å². The van der Waals surface area contributed by atoms with Gasteiger partial charge in [-0.05, 0) is 31.2 Å². The predicted octanol–water partition coefficient (Wildman–Crippen LogP) is 4.39. The van der Waals surface area contributed by atoms with Crippen molar-refractivity contribution in [2.45, 2.75) is 19.8 Å². The summed E-state index contributed by atoms with van der Waals surface area (Å²) < 4.78 is 13.8. The molecule has 4 rings (SSSR count). The fraction of sp³-hybridized carbons (Fsp3) is 0.421. The van der Waals surface area contributed by atoms with Crippen molar-refractivity contribution in [3.05, 3.63) is 40.5 Å². The highest BCUT2D eigenvalue weighted by atomic mass is 32.1. The minimum atomic E-state index is -0.254. The number of piperazine rings is 1. The zero-order chi connectivity index (χ0) is 17.6.